The van der Waals surface area contributed by atoms with Gasteiger partial charge in [0, 0.05) is 44.7 Å². The Bertz CT molecular complexity index is 417. The monoisotopic (exact) mass is 265 g/mol. The fourth-order valence-electron chi connectivity index (χ4n) is 2.47. The molecule has 5 heteroatoms. The third-order valence-electron chi connectivity index (χ3n) is 3.55. The molecule has 0 spiro atoms. The smallest absolute Gasteiger partial charge is 0.318 e. The van der Waals surface area contributed by atoms with Crippen molar-refractivity contribution in [2.45, 2.75) is 32.9 Å². The number of hydrogen-bond acceptors (Lipinski definition) is 2. The van der Waals surface area contributed by atoms with Gasteiger partial charge in [-0.05, 0) is 32.4 Å². The number of nitrogens with zero attached hydrogens (tertiary/aromatic N) is 2. The van der Waals surface area contributed by atoms with Crippen molar-refractivity contribution >= 4 is 6.03 Å². The predicted octanol–water partition coefficient (Wildman–Crippen LogP) is 2.00. The molecule has 1 unspecified atom stereocenters. The topological polar surface area (TPSA) is 46.5 Å². The van der Waals surface area contributed by atoms with Gasteiger partial charge in [-0.3, -0.25) is 0 Å². The van der Waals surface area contributed by atoms with Crippen molar-refractivity contribution in [2.24, 2.45) is 0 Å². The van der Waals surface area contributed by atoms with Crippen LogP contribution in [0.2, 0.25) is 0 Å². The number of urea groups is 1. The van der Waals surface area contributed by atoms with Gasteiger partial charge < -0.3 is 19.5 Å². The van der Waals surface area contributed by atoms with Crippen molar-refractivity contribution in [3.05, 3.63) is 24.0 Å². The molecule has 2 heterocycles. The molecule has 0 aliphatic carbocycles. The molecule has 1 atom stereocenters. The average Bonchev–Trinajstić information content (AvgIpc) is 2.88. The summed E-state index contributed by atoms with van der Waals surface area (Å²) >= 11 is 0. The lowest BCUT2D eigenvalue weighted by Gasteiger charge is -2.34. The van der Waals surface area contributed by atoms with Crippen LogP contribution in [0.25, 0.3) is 0 Å². The molecule has 106 valence electrons. The van der Waals surface area contributed by atoms with Crippen molar-refractivity contribution in [3.63, 3.8) is 0 Å². The standard InChI is InChI=1S/C14H23N3O2/c1-3-19-11-5-7-15-14(18)17-10-9-16-8-4-6-13(16)12(17)2/h4,6,8,12H,3,5,7,9-11H2,1-2H3,(H,15,18). The normalized spacial score (nSPS) is 18.2. The first kappa shape index (κ1) is 13.9. The number of carbonyl (C=O) groups excluding carboxylic acids is 1. The summed E-state index contributed by atoms with van der Waals surface area (Å²) in [6.07, 6.45) is 2.93. The van der Waals surface area contributed by atoms with Crippen molar-refractivity contribution in [2.75, 3.05) is 26.3 Å². The van der Waals surface area contributed by atoms with Crippen LogP contribution in [0.5, 0.6) is 0 Å². The highest BCUT2D eigenvalue weighted by Crippen LogP contribution is 2.24. The minimum Gasteiger partial charge on any atom is -0.382 e. The van der Waals surface area contributed by atoms with E-state index in [1.165, 1.54) is 5.69 Å². The van der Waals surface area contributed by atoms with Crippen LogP contribution in [-0.4, -0.2) is 41.8 Å². The van der Waals surface area contributed by atoms with Crippen molar-refractivity contribution in [1.82, 2.24) is 14.8 Å². The molecule has 2 rings (SSSR count). The lowest BCUT2D eigenvalue weighted by molar-refractivity contribution is 0.141. The Hall–Kier alpha value is -1.49. The molecule has 19 heavy (non-hydrogen) atoms. The Labute approximate surface area is 114 Å². The fraction of sp³-hybridized carbons (Fsp3) is 0.643. The van der Waals surface area contributed by atoms with Gasteiger partial charge >= 0.3 is 6.03 Å². The van der Waals surface area contributed by atoms with Crippen LogP contribution in [0.3, 0.4) is 0 Å². The number of hydrogen-bond donors (Lipinski definition) is 1. The van der Waals surface area contributed by atoms with E-state index in [-0.39, 0.29) is 12.1 Å². The molecule has 1 aliphatic rings. The van der Waals surface area contributed by atoms with Gasteiger partial charge in [0.05, 0.1) is 6.04 Å². The maximum Gasteiger partial charge on any atom is 0.318 e. The third-order valence-corrected chi connectivity index (χ3v) is 3.55. The molecular formula is C14H23N3O2. The van der Waals surface area contributed by atoms with Gasteiger partial charge in [-0.2, -0.15) is 0 Å². The van der Waals surface area contributed by atoms with Crippen molar-refractivity contribution in [3.8, 4) is 0 Å². The minimum atomic E-state index is 0.0245. The number of ether oxygens (including phenoxy) is 1. The van der Waals surface area contributed by atoms with E-state index in [2.05, 4.69) is 29.1 Å². The summed E-state index contributed by atoms with van der Waals surface area (Å²) in [7, 11) is 0. The van der Waals surface area contributed by atoms with Crippen LogP contribution in [0.1, 0.15) is 32.0 Å². The summed E-state index contributed by atoms with van der Waals surface area (Å²) in [6.45, 7) is 7.79. The number of rotatable bonds is 5. The maximum absolute atomic E-state index is 12.1. The SMILES string of the molecule is CCOCCCNC(=O)N1CCn2cccc2C1C. The number of aromatic nitrogens is 1. The van der Waals surface area contributed by atoms with E-state index < -0.39 is 0 Å². The molecule has 2 amide bonds. The van der Waals surface area contributed by atoms with Gasteiger partial charge in [0.1, 0.15) is 0 Å². The molecule has 5 nitrogen and oxygen atoms in total. The number of amides is 2. The Morgan fingerprint density at radius 2 is 2.37 bits per heavy atom. The second kappa shape index (κ2) is 6.61. The highest BCUT2D eigenvalue weighted by molar-refractivity contribution is 5.74. The summed E-state index contributed by atoms with van der Waals surface area (Å²) in [4.78, 5) is 14.0. The van der Waals surface area contributed by atoms with Gasteiger partial charge in [0.15, 0.2) is 0 Å². The zero-order chi connectivity index (χ0) is 13.7. The second-order valence-electron chi connectivity index (χ2n) is 4.78. The molecule has 0 saturated heterocycles. The third kappa shape index (κ3) is 3.29. The van der Waals surface area contributed by atoms with Crippen molar-refractivity contribution < 1.29 is 9.53 Å². The first-order valence-corrected chi connectivity index (χ1v) is 7.01. The molecular weight excluding hydrogens is 242 g/mol. The van der Waals surface area contributed by atoms with E-state index in [0.717, 1.165) is 26.1 Å². The van der Waals surface area contributed by atoms with Crippen LogP contribution in [0, 0.1) is 0 Å². The largest absolute Gasteiger partial charge is 0.382 e. The van der Waals surface area contributed by atoms with Gasteiger partial charge in [0.25, 0.3) is 0 Å². The van der Waals surface area contributed by atoms with Crippen LogP contribution in [0.15, 0.2) is 18.3 Å². The summed E-state index contributed by atoms with van der Waals surface area (Å²) in [5.41, 5.74) is 1.20. The molecule has 0 radical (unpaired) electrons. The van der Waals surface area contributed by atoms with Gasteiger partial charge in [-0.1, -0.05) is 0 Å². The van der Waals surface area contributed by atoms with E-state index in [9.17, 15) is 4.79 Å². The summed E-state index contributed by atoms with van der Waals surface area (Å²) < 4.78 is 7.46. The van der Waals surface area contributed by atoms with Gasteiger partial charge in [-0.25, -0.2) is 4.79 Å². The zero-order valence-corrected chi connectivity index (χ0v) is 11.8. The summed E-state index contributed by atoms with van der Waals surface area (Å²) in [5.74, 6) is 0. The molecule has 0 fully saturated rings. The predicted molar refractivity (Wildman–Crippen MR) is 74.1 cm³/mol. The van der Waals surface area contributed by atoms with E-state index in [4.69, 9.17) is 4.74 Å². The molecule has 0 aromatic carbocycles. The lowest BCUT2D eigenvalue weighted by atomic mass is 10.1. The lowest BCUT2D eigenvalue weighted by Crippen LogP contribution is -2.46. The molecule has 0 bridgehead atoms. The van der Waals surface area contributed by atoms with Gasteiger partial charge in [-0.15, -0.1) is 0 Å². The fourth-order valence-corrected chi connectivity index (χ4v) is 2.47. The van der Waals surface area contributed by atoms with E-state index in [1.807, 2.05) is 17.9 Å². The number of fused-ring (bicyclic) bond motifs is 1. The molecule has 0 saturated carbocycles. The average molecular weight is 265 g/mol. The van der Waals surface area contributed by atoms with Crippen LogP contribution >= 0.6 is 0 Å². The Kier molecular flexibility index (Phi) is 4.85. The first-order chi connectivity index (χ1) is 9.24. The van der Waals surface area contributed by atoms with Crippen LogP contribution in [0.4, 0.5) is 4.79 Å². The molecule has 1 N–H and O–H groups in total. The van der Waals surface area contributed by atoms with Crippen LogP contribution < -0.4 is 5.32 Å². The first-order valence-electron chi connectivity index (χ1n) is 7.01. The quantitative estimate of drug-likeness (QED) is 0.828. The minimum absolute atomic E-state index is 0.0245. The van der Waals surface area contributed by atoms with Crippen LogP contribution in [-0.2, 0) is 11.3 Å². The summed E-state index contributed by atoms with van der Waals surface area (Å²) in [6, 6.07) is 4.28. The highest BCUT2D eigenvalue weighted by Gasteiger charge is 2.26. The Morgan fingerprint density at radius 3 is 3.16 bits per heavy atom. The zero-order valence-electron chi connectivity index (χ0n) is 11.8. The van der Waals surface area contributed by atoms with E-state index >= 15 is 0 Å². The van der Waals surface area contributed by atoms with Crippen molar-refractivity contribution in [1.29, 1.82) is 0 Å². The van der Waals surface area contributed by atoms with E-state index in [1.54, 1.807) is 0 Å². The maximum atomic E-state index is 12.1. The number of carbonyl (C=O) groups is 1. The number of nitrogens with one attached hydrogen (secondary N) is 1. The highest BCUT2D eigenvalue weighted by atomic mass is 16.5. The second-order valence-corrected chi connectivity index (χ2v) is 4.78. The van der Waals surface area contributed by atoms with E-state index in [0.29, 0.717) is 13.2 Å². The molecule has 1 aromatic rings. The Morgan fingerprint density at radius 1 is 1.53 bits per heavy atom. The molecule has 1 aliphatic heterocycles. The summed E-state index contributed by atoms with van der Waals surface area (Å²) in [5, 5.41) is 2.96. The molecule has 1 aromatic heterocycles. The van der Waals surface area contributed by atoms with Gasteiger partial charge in [0.2, 0.25) is 0 Å². The Balaban J connectivity index is 1.80.